The van der Waals surface area contributed by atoms with Crippen LogP contribution < -0.4 is 0 Å². The first-order valence-corrected chi connectivity index (χ1v) is 7.57. The van der Waals surface area contributed by atoms with Gasteiger partial charge < -0.3 is 14.3 Å². The average Bonchev–Trinajstić information content (AvgIpc) is 3.18. The molecule has 0 spiro atoms. The Bertz CT molecular complexity index is 603. The minimum Gasteiger partial charge on any atom is -0.464 e. The first-order valence-electron chi connectivity index (χ1n) is 7.57. The third kappa shape index (κ3) is 2.73. The Morgan fingerprint density at radius 3 is 3.05 bits per heavy atom. The van der Waals surface area contributed by atoms with Gasteiger partial charge in [0, 0.05) is 13.0 Å². The summed E-state index contributed by atoms with van der Waals surface area (Å²) in [5, 5.41) is 0. The van der Waals surface area contributed by atoms with E-state index in [1.165, 1.54) is 6.33 Å². The molecule has 0 saturated carbocycles. The van der Waals surface area contributed by atoms with Crippen LogP contribution in [0.2, 0.25) is 0 Å². The third-order valence-corrected chi connectivity index (χ3v) is 4.21. The number of carbonyl (C=O) groups is 1. The van der Waals surface area contributed by atoms with Crippen LogP contribution in [-0.4, -0.2) is 27.3 Å². The SMILES string of the molecule is CCc1ccc(C2CC(C)CCN2C(=O)c2cnc[nH]2)o1. The molecule has 5 heteroatoms. The number of aromatic amines is 1. The summed E-state index contributed by atoms with van der Waals surface area (Å²) in [6.07, 6.45) is 5.96. The Kier molecular flexibility index (Phi) is 3.82. The second-order valence-electron chi connectivity index (χ2n) is 5.77. The molecule has 1 fully saturated rings. The van der Waals surface area contributed by atoms with E-state index in [4.69, 9.17) is 4.42 Å². The van der Waals surface area contributed by atoms with Crippen LogP contribution in [0, 0.1) is 5.92 Å². The van der Waals surface area contributed by atoms with E-state index in [-0.39, 0.29) is 11.9 Å². The van der Waals surface area contributed by atoms with Gasteiger partial charge in [-0.1, -0.05) is 13.8 Å². The number of aryl methyl sites for hydroxylation is 1. The van der Waals surface area contributed by atoms with Crippen molar-refractivity contribution in [3.05, 3.63) is 41.9 Å². The lowest BCUT2D eigenvalue weighted by atomic mass is 9.91. The number of H-pyrrole nitrogens is 1. The maximum absolute atomic E-state index is 12.6. The molecule has 1 N–H and O–H groups in total. The van der Waals surface area contributed by atoms with Gasteiger partial charge in [0.15, 0.2) is 0 Å². The molecule has 21 heavy (non-hydrogen) atoms. The molecule has 0 radical (unpaired) electrons. The molecule has 1 aliphatic rings. The number of nitrogens with zero attached hydrogens (tertiary/aromatic N) is 2. The van der Waals surface area contributed by atoms with Crippen molar-refractivity contribution in [1.82, 2.24) is 14.9 Å². The Balaban J connectivity index is 1.87. The topological polar surface area (TPSA) is 62.1 Å². The monoisotopic (exact) mass is 287 g/mol. The van der Waals surface area contributed by atoms with Crippen LogP contribution in [0.1, 0.15) is 54.7 Å². The zero-order valence-corrected chi connectivity index (χ0v) is 12.5. The highest BCUT2D eigenvalue weighted by molar-refractivity contribution is 5.92. The van der Waals surface area contributed by atoms with Crippen molar-refractivity contribution in [1.29, 1.82) is 0 Å². The smallest absolute Gasteiger partial charge is 0.272 e. The van der Waals surface area contributed by atoms with E-state index in [1.54, 1.807) is 6.20 Å². The Morgan fingerprint density at radius 2 is 2.38 bits per heavy atom. The van der Waals surface area contributed by atoms with E-state index in [0.717, 1.165) is 37.3 Å². The van der Waals surface area contributed by atoms with Crippen LogP contribution in [0.4, 0.5) is 0 Å². The summed E-state index contributed by atoms with van der Waals surface area (Å²) >= 11 is 0. The van der Waals surface area contributed by atoms with Crippen LogP contribution in [0.25, 0.3) is 0 Å². The minimum atomic E-state index is -0.00107. The molecular formula is C16H21N3O2. The number of furan rings is 1. The van der Waals surface area contributed by atoms with Crippen LogP contribution >= 0.6 is 0 Å². The van der Waals surface area contributed by atoms with Gasteiger partial charge in [-0.25, -0.2) is 4.98 Å². The summed E-state index contributed by atoms with van der Waals surface area (Å²) in [7, 11) is 0. The van der Waals surface area contributed by atoms with Crippen molar-refractivity contribution >= 4 is 5.91 Å². The van der Waals surface area contributed by atoms with Gasteiger partial charge in [-0.3, -0.25) is 4.79 Å². The van der Waals surface area contributed by atoms with E-state index in [1.807, 2.05) is 17.0 Å². The molecule has 112 valence electrons. The zero-order chi connectivity index (χ0) is 14.8. The highest BCUT2D eigenvalue weighted by atomic mass is 16.3. The standard InChI is InChI=1S/C16H21N3O2/c1-3-12-4-5-15(21-12)14-8-11(2)6-7-19(14)16(20)13-9-17-10-18-13/h4-5,9-11,14H,3,6-8H2,1-2H3,(H,17,18). The van der Waals surface area contributed by atoms with Crippen molar-refractivity contribution in [2.45, 2.75) is 39.2 Å². The summed E-state index contributed by atoms with van der Waals surface area (Å²) in [5.41, 5.74) is 0.539. The fourth-order valence-corrected chi connectivity index (χ4v) is 2.95. The van der Waals surface area contributed by atoms with Crippen molar-refractivity contribution in [3.8, 4) is 0 Å². The van der Waals surface area contributed by atoms with Gasteiger partial charge in [-0.2, -0.15) is 0 Å². The summed E-state index contributed by atoms with van der Waals surface area (Å²) in [6.45, 7) is 5.06. The molecule has 0 bridgehead atoms. The van der Waals surface area contributed by atoms with Crippen molar-refractivity contribution in [2.75, 3.05) is 6.54 Å². The lowest BCUT2D eigenvalue weighted by molar-refractivity contribution is 0.0513. The number of likely N-dealkylation sites (tertiary alicyclic amines) is 1. The van der Waals surface area contributed by atoms with Crippen molar-refractivity contribution in [2.24, 2.45) is 5.92 Å². The van der Waals surface area contributed by atoms with E-state index in [2.05, 4.69) is 23.8 Å². The van der Waals surface area contributed by atoms with Crippen LogP contribution in [0.5, 0.6) is 0 Å². The summed E-state index contributed by atoms with van der Waals surface area (Å²) in [4.78, 5) is 21.4. The number of nitrogens with one attached hydrogen (secondary N) is 1. The second-order valence-corrected chi connectivity index (χ2v) is 5.77. The van der Waals surface area contributed by atoms with Gasteiger partial charge in [-0.15, -0.1) is 0 Å². The van der Waals surface area contributed by atoms with Gasteiger partial charge in [-0.05, 0) is 30.9 Å². The molecule has 1 saturated heterocycles. The fourth-order valence-electron chi connectivity index (χ4n) is 2.95. The highest BCUT2D eigenvalue weighted by Gasteiger charge is 2.33. The van der Waals surface area contributed by atoms with Gasteiger partial charge in [0.1, 0.15) is 17.2 Å². The van der Waals surface area contributed by atoms with Crippen LogP contribution in [0.3, 0.4) is 0 Å². The van der Waals surface area contributed by atoms with Crippen LogP contribution in [0.15, 0.2) is 29.1 Å². The van der Waals surface area contributed by atoms with Crippen molar-refractivity contribution in [3.63, 3.8) is 0 Å². The number of imidazole rings is 1. The molecule has 2 aromatic rings. The van der Waals surface area contributed by atoms with E-state index < -0.39 is 0 Å². The number of hydrogen-bond acceptors (Lipinski definition) is 3. The molecule has 0 aliphatic carbocycles. The first kappa shape index (κ1) is 13.9. The van der Waals surface area contributed by atoms with Gasteiger partial charge >= 0.3 is 0 Å². The van der Waals surface area contributed by atoms with Crippen LogP contribution in [-0.2, 0) is 6.42 Å². The molecule has 2 aromatic heterocycles. The summed E-state index contributed by atoms with van der Waals surface area (Å²) in [6, 6.07) is 4.03. The largest absolute Gasteiger partial charge is 0.464 e. The number of carbonyl (C=O) groups excluding carboxylic acids is 1. The van der Waals surface area contributed by atoms with Gasteiger partial charge in [0.05, 0.1) is 18.6 Å². The number of aromatic nitrogens is 2. The molecule has 1 amide bonds. The van der Waals surface area contributed by atoms with E-state index in [9.17, 15) is 4.79 Å². The normalized spacial score (nSPS) is 22.5. The maximum atomic E-state index is 12.6. The summed E-state index contributed by atoms with van der Waals surface area (Å²) < 4.78 is 5.90. The molecule has 2 atom stereocenters. The highest BCUT2D eigenvalue weighted by Crippen LogP contribution is 2.35. The predicted molar refractivity (Wildman–Crippen MR) is 78.8 cm³/mol. The van der Waals surface area contributed by atoms with Crippen molar-refractivity contribution < 1.29 is 9.21 Å². The Labute approximate surface area is 124 Å². The third-order valence-electron chi connectivity index (χ3n) is 4.21. The zero-order valence-electron chi connectivity index (χ0n) is 12.5. The number of amides is 1. The molecule has 3 heterocycles. The van der Waals surface area contributed by atoms with E-state index >= 15 is 0 Å². The second kappa shape index (κ2) is 5.76. The number of hydrogen-bond donors (Lipinski definition) is 1. The van der Waals surface area contributed by atoms with Gasteiger partial charge in [0.2, 0.25) is 0 Å². The lowest BCUT2D eigenvalue weighted by Crippen LogP contribution is -2.40. The quantitative estimate of drug-likeness (QED) is 0.943. The lowest BCUT2D eigenvalue weighted by Gasteiger charge is -2.37. The Hall–Kier alpha value is -2.04. The molecule has 1 aliphatic heterocycles. The first-order chi connectivity index (χ1) is 10.2. The number of piperidine rings is 1. The average molecular weight is 287 g/mol. The maximum Gasteiger partial charge on any atom is 0.272 e. The number of rotatable bonds is 3. The van der Waals surface area contributed by atoms with E-state index in [0.29, 0.717) is 11.6 Å². The van der Waals surface area contributed by atoms with Gasteiger partial charge in [0.25, 0.3) is 5.91 Å². The molecule has 3 rings (SSSR count). The fraction of sp³-hybridized carbons (Fsp3) is 0.500. The summed E-state index contributed by atoms with van der Waals surface area (Å²) in [5.74, 6) is 2.46. The Morgan fingerprint density at radius 1 is 1.52 bits per heavy atom. The molecule has 2 unspecified atom stereocenters. The molecular weight excluding hydrogens is 266 g/mol. The predicted octanol–water partition coefficient (Wildman–Crippen LogP) is 3.18. The minimum absolute atomic E-state index is 0.00107. The molecule has 0 aromatic carbocycles. The molecule has 5 nitrogen and oxygen atoms in total.